The topological polar surface area (TPSA) is 70.7 Å². The molecule has 0 saturated carbocycles. The molecule has 1 atom stereocenters. The van der Waals surface area contributed by atoms with Crippen LogP contribution in [0.25, 0.3) is 5.65 Å². The maximum Gasteiger partial charge on any atom is 0.277 e. The van der Waals surface area contributed by atoms with E-state index in [1.807, 2.05) is 13.8 Å². The molecule has 3 aromatic rings. The van der Waals surface area contributed by atoms with Gasteiger partial charge < -0.3 is 10.0 Å². The summed E-state index contributed by atoms with van der Waals surface area (Å²) in [6.07, 6.45) is 5.36. The Morgan fingerprint density at radius 3 is 2.73 bits per heavy atom. The van der Waals surface area contributed by atoms with Crippen molar-refractivity contribution in [2.45, 2.75) is 32.9 Å². The van der Waals surface area contributed by atoms with E-state index in [-0.39, 0.29) is 18.8 Å². The third-order valence-electron chi connectivity index (χ3n) is 4.41. The molecule has 136 valence electrons. The van der Waals surface area contributed by atoms with E-state index >= 15 is 0 Å². The lowest BCUT2D eigenvalue weighted by atomic mass is 10.1. The molecular formula is C19H21FN4O2. The number of aromatic nitrogens is 3. The van der Waals surface area contributed by atoms with Gasteiger partial charge in [0.05, 0.1) is 12.6 Å². The van der Waals surface area contributed by atoms with Crippen LogP contribution in [0.15, 0.2) is 42.9 Å². The van der Waals surface area contributed by atoms with E-state index in [4.69, 9.17) is 0 Å². The molecule has 0 aliphatic heterocycles. The van der Waals surface area contributed by atoms with E-state index in [0.717, 1.165) is 11.1 Å². The zero-order valence-electron chi connectivity index (χ0n) is 14.8. The molecule has 26 heavy (non-hydrogen) atoms. The summed E-state index contributed by atoms with van der Waals surface area (Å²) in [6.45, 7) is 3.79. The number of nitrogens with zero attached hydrogens (tertiary/aromatic N) is 4. The third-order valence-corrected chi connectivity index (χ3v) is 4.41. The van der Waals surface area contributed by atoms with E-state index < -0.39 is 17.9 Å². The highest BCUT2D eigenvalue weighted by Crippen LogP contribution is 2.19. The normalized spacial score (nSPS) is 12.3. The smallest absolute Gasteiger partial charge is 0.277 e. The lowest BCUT2D eigenvalue weighted by Gasteiger charge is -2.29. The predicted octanol–water partition coefficient (Wildman–Crippen LogP) is 2.59. The molecule has 3 heterocycles. The van der Waals surface area contributed by atoms with Crippen LogP contribution >= 0.6 is 0 Å². The Balaban J connectivity index is 2.00. The summed E-state index contributed by atoms with van der Waals surface area (Å²) in [7, 11) is 0. The van der Waals surface area contributed by atoms with Crippen LogP contribution < -0.4 is 0 Å². The van der Waals surface area contributed by atoms with Gasteiger partial charge in [-0.1, -0.05) is 6.92 Å². The van der Waals surface area contributed by atoms with Crippen molar-refractivity contribution in [1.29, 1.82) is 0 Å². The fourth-order valence-electron chi connectivity index (χ4n) is 2.89. The van der Waals surface area contributed by atoms with Gasteiger partial charge in [0.2, 0.25) is 5.95 Å². The van der Waals surface area contributed by atoms with Crippen molar-refractivity contribution in [3.8, 4) is 0 Å². The molecule has 0 bridgehead atoms. The molecule has 6 nitrogen and oxygen atoms in total. The number of hydrogen-bond acceptors (Lipinski definition) is 4. The molecule has 0 fully saturated rings. The largest absolute Gasteiger partial charge is 0.394 e. The van der Waals surface area contributed by atoms with E-state index in [9.17, 15) is 14.3 Å². The maximum atomic E-state index is 14.8. The summed E-state index contributed by atoms with van der Waals surface area (Å²) in [5, 5.41) is 9.69. The molecule has 3 aromatic heterocycles. The van der Waals surface area contributed by atoms with Crippen LogP contribution in [0.1, 0.15) is 35.0 Å². The molecule has 1 N–H and O–H groups in total. The van der Waals surface area contributed by atoms with Crippen molar-refractivity contribution in [3.63, 3.8) is 0 Å². The molecule has 3 rings (SSSR count). The minimum atomic E-state index is -0.697. The van der Waals surface area contributed by atoms with E-state index in [1.165, 1.54) is 9.30 Å². The van der Waals surface area contributed by atoms with Crippen molar-refractivity contribution >= 4 is 11.6 Å². The Bertz CT molecular complexity index is 907. The summed E-state index contributed by atoms with van der Waals surface area (Å²) < 4.78 is 16.0. The minimum Gasteiger partial charge on any atom is -0.394 e. The summed E-state index contributed by atoms with van der Waals surface area (Å²) in [6, 6.07) is 6.61. The number of rotatable bonds is 6. The zero-order chi connectivity index (χ0) is 18.7. The van der Waals surface area contributed by atoms with Gasteiger partial charge in [-0.2, -0.15) is 4.39 Å². The molecule has 1 amide bonds. The van der Waals surface area contributed by atoms with Crippen LogP contribution in [0, 0.1) is 12.9 Å². The number of aliphatic hydroxyl groups is 1. The molecule has 0 aliphatic rings. The zero-order valence-corrected chi connectivity index (χ0v) is 14.8. The van der Waals surface area contributed by atoms with Gasteiger partial charge in [-0.3, -0.25) is 14.2 Å². The van der Waals surface area contributed by atoms with Crippen molar-refractivity contribution < 1.29 is 14.3 Å². The molecule has 0 radical (unpaired) electrons. The second kappa shape index (κ2) is 7.61. The monoisotopic (exact) mass is 356 g/mol. The lowest BCUT2D eigenvalue weighted by molar-refractivity contribution is 0.0553. The highest BCUT2D eigenvalue weighted by molar-refractivity contribution is 5.93. The second-order valence-electron chi connectivity index (χ2n) is 6.22. The molecule has 0 aromatic carbocycles. The van der Waals surface area contributed by atoms with Gasteiger partial charge in [0, 0.05) is 25.1 Å². The van der Waals surface area contributed by atoms with E-state index in [0.29, 0.717) is 12.1 Å². The van der Waals surface area contributed by atoms with Crippen LogP contribution in [0.3, 0.4) is 0 Å². The Kier molecular flexibility index (Phi) is 5.27. The number of halogens is 1. The number of amides is 1. The fraction of sp³-hybridized carbons (Fsp3) is 0.316. The standard InChI is InChI=1S/C19H21FN4O2/c1-3-15(12-25)24(11-14-4-7-21-8-5-14)19(26)17-18(20)23-9-6-13(2)10-16(23)22-17/h4-10,15,25H,3,11-12H2,1-2H3/t15-/m1/s1. The van der Waals surface area contributed by atoms with Gasteiger partial charge in [0.1, 0.15) is 5.65 Å². The first-order chi connectivity index (χ1) is 12.5. The van der Waals surface area contributed by atoms with Crippen LogP contribution in [0.2, 0.25) is 0 Å². The quantitative estimate of drug-likeness (QED) is 0.737. The van der Waals surface area contributed by atoms with Crippen molar-refractivity contribution in [3.05, 3.63) is 65.6 Å². The number of fused-ring (bicyclic) bond motifs is 1. The molecule has 0 unspecified atom stereocenters. The summed E-state index contributed by atoms with van der Waals surface area (Å²) in [5.74, 6) is -1.24. The van der Waals surface area contributed by atoms with E-state index in [2.05, 4.69) is 9.97 Å². The third kappa shape index (κ3) is 3.43. The predicted molar refractivity (Wildman–Crippen MR) is 95.2 cm³/mol. The second-order valence-corrected chi connectivity index (χ2v) is 6.22. The number of carbonyl (C=O) groups is 1. The Hall–Kier alpha value is -2.80. The van der Waals surface area contributed by atoms with Gasteiger partial charge >= 0.3 is 0 Å². The molecule has 0 aliphatic carbocycles. The average molecular weight is 356 g/mol. The van der Waals surface area contributed by atoms with Gasteiger partial charge in [-0.15, -0.1) is 0 Å². The minimum absolute atomic E-state index is 0.207. The van der Waals surface area contributed by atoms with Crippen LogP contribution in [-0.2, 0) is 6.54 Å². The van der Waals surface area contributed by atoms with Crippen molar-refractivity contribution in [2.24, 2.45) is 0 Å². The number of aliphatic hydroxyl groups excluding tert-OH is 1. The summed E-state index contributed by atoms with van der Waals surface area (Å²) in [5.41, 5.74) is 1.92. The first-order valence-corrected chi connectivity index (χ1v) is 8.50. The van der Waals surface area contributed by atoms with Crippen LogP contribution in [0.5, 0.6) is 0 Å². The molecule has 0 spiro atoms. The van der Waals surface area contributed by atoms with Crippen molar-refractivity contribution in [1.82, 2.24) is 19.3 Å². The number of imidazole rings is 1. The first kappa shape index (κ1) is 18.0. The Labute approximate surface area is 150 Å². The van der Waals surface area contributed by atoms with Gasteiger partial charge in [0.25, 0.3) is 5.91 Å². The van der Waals surface area contributed by atoms with Gasteiger partial charge in [-0.25, -0.2) is 4.98 Å². The number of aryl methyl sites for hydroxylation is 1. The Morgan fingerprint density at radius 1 is 1.35 bits per heavy atom. The number of hydrogen-bond donors (Lipinski definition) is 1. The highest BCUT2D eigenvalue weighted by atomic mass is 19.1. The number of carbonyl (C=O) groups excluding carboxylic acids is 1. The molecule has 7 heteroatoms. The summed E-state index contributed by atoms with van der Waals surface area (Å²) >= 11 is 0. The van der Waals surface area contributed by atoms with Crippen molar-refractivity contribution in [2.75, 3.05) is 6.61 Å². The number of pyridine rings is 2. The lowest BCUT2D eigenvalue weighted by Crippen LogP contribution is -2.42. The van der Waals surface area contributed by atoms with Gasteiger partial charge in [0.15, 0.2) is 5.69 Å². The van der Waals surface area contributed by atoms with E-state index in [1.54, 1.807) is 42.9 Å². The highest BCUT2D eigenvalue weighted by Gasteiger charge is 2.28. The van der Waals surface area contributed by atoms with Crippen LogP contribution in [-0.4, -0.2) is 42.9 Å². The first-order valence-electron chi connectivity index (χ1n) is 8.50. The summed E-state index contributed by atoms with van der Waals surface area (Å²) in [4.78, 5) is 22.7. The van der Waals surface area contributed by atoms with Gasteiger partial charge in [-0.05, 0) is 48.7 Å². The average Bonchev–Trinajstić information content (AvgIpc) is 2.98. The fourth-order valence-corrected chi connectivity index (χ4v) is 2.89. The molecule has 0 saturated heterocycles. The van der Waals surface area contributed by atoms with Crippen LogP contribution in [0.4, 0.5) is 4.39 Å². The Morgan fingerprint density at radius 2 is 2.08 bits per heavy atom. The molecular weight excluding hydrogens is 335 g/mol. The maximum absolute atomic E-state index is 14.8. The SMILES string of the molecule is CC[C@H](CO)N(Cc1ccncc1)C(=O)c1nc2cc(C)ccn2c1F.